The summed E-state index contributed by atoms with van der Waals surface area (Å²) in [5.74, 6) is 0.235. The number of nitrogens with zero attached hydrogens (tertiary/aromatic N) is 1. The molecule has 1 unspecified atom stereocenters. The molecule has 1 amide bonds. The van der Waals surface area contributed by atoms with Crippen molar-refractivity contribution >= 4 is 17.2 Å². The summed E-state index contributed by atoms with van der Waals surface area (Å²) in [6, 6.07) is 2.59. The predicted molar refractivity (Wildman–Crippen MR) is 98.0 cm³/mol. The van der Waals surface area contributed by atoms with Crippen molar-refractivity contribution in [1.82, 2.24) is 15.5 Å². The highest BCUT2D eigenvalue weighted by Crippen LogP contribution is 2.56. The first-order chi connectivity index (χ1) is 11.8. The number of amides is 1. The van der Waals surface area contributed by atoms with E-state index in [1.807, 2.05) is 6.08 Å². The quantitative estimate of drug-likeness (QED) is 0.824. The molecule has 1 spiro atoms. The maximum absolute atomic E-state index is 13.1. The van der Waals surface area contributed by atoms with Gasteiger partial charge in [0.05, 0.1) is 0 Å². The van der Waals surface area contributed by atoms with E-state index in [1.54, 1.807) is 11.3 Å². The van der Waals surface area contributed by atoms with Crippen molar-refractivity contribution in [2.45, 2.75) is 44.7 Å². The number of nitrogens with one attached hydrogen (secondary N) is 2. The van der Waals surface area contributed by atoms with Crippen LogP contribution in [0.3, 0.4) is 0 Å². The normalized spacial score (nSPS) is 25.5. The summed E-state index contributed by atoms with van der Waals surface area (Å²) in [4.78, 5) is 15.2. The molecular weight excluding hydrogens is 318 g/mol. The van der Waals surface area contributed by atoms with Crippen LogP contribution in [0.4, 0.5) is 0 Å². The molecule has 1 saturated carbocycles. The first kappa shape index (κ1) is 16.3. The van der Waals surface area contributed by atoms with Crippen LogP contribution in [-0.4, -0.2) is 43.0 Å². The van der Waals surface area contributed by atoms with E-state index in [0.717, 1.165) is 45.6 Å². The Balaban J connectivity index is 1.51. The number of rotatable bonds is 4. The van der Waals surface area contributed by atoms with Gasteiger partial charge in [0.2, 0.25) is 5.91 Å². The lowest BCUT2D eigenvalue weighted by Crippen LogP contribution is -2.38. The molecule has 1 atom stereocenters. The minimum atomic E-state index is 0.235. The van der Waals surface area contributed by atoms with E-state index in [9.17, 15) is 4.79 Å². The van der Waals surface area contributed by atoms with Gasteiger partial charge in [-0.15, -0.1) is 0 Å². The molecule has 1 aromatic heterocycles. The molecule has 1 aliphatic carbocycles. The third-order valence-electron chi connectivity index (χ3n) is 5.91. The molecule has 24 heavy (non-hydrogen) atoms. The summed E-state index contributed by atoms with van der Waals surface area (Å²) < 4.78 is 0. The molecule has 0 bridgehead atoms. The van der Waals surface area contributed by atoms with Gasteiger partial charge in [0.15, 0.2) is 0 Å². The molecule has 3 heterocycles. The van der Waals surface area contributed by atoms with E-state index in [0.29, 0.717) is 11.5 Å². The standard InChI is InChI=1S/C19H27N3OS/c23-18(11-15-1-6-20-7-2-15)22(13-16-3-10-24-14-16)17-12-19(17)4-8-21-9-5-19/h3,10-11,14,17,20-21H,1-2,4-9,12-13H2. The van der Waals surface area contributed by atoms with Gasteiger partial charge < -0.3 is 15.5 Å². The Bertz CT molecular complexity index is 596. The number of piperidine rings is 2. The van der Waals surface area contributed by atoms with Crippen molar-refractivity contribution in [2.75, 3.05) is 26.2 Å². The molecular formula is C19H27N3OS. The van der Waals surface area contributed by atoms with Crippen molar-refractivity contribution in [3.8, 4) is 0 Å². The fourth-order valence-corrected chi connectivity index (χ4v) is 4.96. The van der Waals surface area contributed by atoms with E-state index in [-0.39, 0.29) is 5.91 Å². The zero-order valence-electron chi connectivity index (χ0n) is 14.2. The maximum Gasteiger partial charge on any atom is 0.247 e. The molecule has 0 aromatic carbocycles. The highest BCUT2D eigenvalue weighted by atomic mass is 32.1. The molecule has 1 aromatic rings. The molecule has 2 aliphatic heterocycles. The van der Waals surface area contributed by atoms with Gasteiger partial charge in [0, 0.05) is 18.7 Å². The molecule has 130 valence electrons. The number of hydrogen-bond acceptors (Lipinski definition) is 4. The summed E-state index contributed by atoms with van der Waals surface area (Å²) in [6.45, 7) is 4.98. The van der Waals surface area contributed by atoms with Gasteiger partial charge in [-0.05, 0) is 86.1 Å². The van der Waals surface area contributed by atoms with E-state index < -0.39 is 0 Å². The van der Waals surface area contributed by atoms with Crippen molar-refractivity contribution in [2.24, 2.45) is 5.41 Å². The van der Waals surface area contributed by atoms with Crippen molar-refractivity contribution in [1.29, 1.82) is 0 Å². The maximum atomic E-state index is 13.1. The lowest BCUT2D eigenvalue weighted by molar-refractivity contribution is -0.128. The topological polar surface area (TPSA) is 44.4 Å². The number of hydrogen-bond donors (Lipinski definition) is 2. The SMILES string of the molecule is O=C(C=C1CCNCC1)N(Cc1ccsc1)C1CC12CCNCC2. The Labute approximate surface area is 148 Å². The van der Waals surface area contributed by atoms with Crippen molar-refractivity contribution in [3.63, 3.8) is 0 Å². The zero-order valence-corrected chi connectivity index (χ0v) is 15.0. The first-order valence-corrected chi connectivity index (χ1v) is 10.1. The highest BCUT2D eigenvalue weighted by Gasteiger charge is 2.57. The monoisotopic (exact) mass is 345 g/mol. The third kappa shape index (κ3) is 3.44. The van der Waals surface area contributed by atoms with E-state index >= 15 is 0 Å². The van der Waals surface area contributed by atoms with Crippen LogP contribution < -0.4 is 10.6 Å². The molecule has 2 N–H and O–H groups in total. The Morgan fingerprint density at radius 2 is 2.00 bits per heavy atom. The Morgan fingerprint density at radius 3 is 2.71 bits per heavy atom. The summed E-state index contributed by atoms with van der Waals surface area (Å²) in [6.07, 6.45) is 7.59. The number of thiophene rings is 1. The second-order valence-corrected chi connectivity index (χ2v) is 8.26. The van der Waals surface area contributed by atoms with E-state index in [2.05, 4.69) is 32.4 Å². The summed E-state index contributed by atoms with van der Waals surface area (Å²) in [7, 11) is 0. The van der Waals surface area contributed by atoms with Crippen LogP contribution in [0.5, 0.6) is 0 Å². The molecule has 2 saturated heterocycles. The van der Waals surface area contributed by atoms with Gasteiger partial charge >= 0.3 is 0 Å². The summed E-state index contributed by atoms with van der Waals surface area (Å²) in [5.41, 5.74) is 2.98. The first-order valence-electron chi connectivity index (χ1n) is 9.19. The lowest BCUT2D eigenvalue weighted by atomic mass is 9.93. The number of carbonyl (C=O) groups excluding carboxylic acids is 1. The molecule has 5 heteroatoms. The summed E-state index contributed by atoms with van der Waals surface area (Å²) >= 11 is 1.72. The average Bonchev–Trinajstić information content (AvgIpc) is 3.05. The van der Waals surface area contributed by atoms with Crippen molar-refractivity contribution < 1.29 is 4.79 Å². The Kier molecular flexibility index (Phi) is 4.74. The minimum absolute atomic E-state index is 0.235. The molecule has 0 radical (unpaired) electrons. The number of carbonyl (C=O) groups is 1. The van der Waals surface area contributed by atoms with Gasteiger partial charge in [0.25, 0.3) is 0 Å². The summed E-state index contributed by atoms with van der Waals surface area (Å²) in [5, 5.41) is 11.1. The lowest BCUT2D eigenvalue weighted by Gasteiger charge is -2.29. The highest BCUT2D eigenvalue weighted by molar-refractivity contribution is 7.07. The largest absolute Gasteiger partial charge is 0.331 e. The zero-order chi connectivity index (χ0) is 16.4. The minimum Gasteiger partial charge on any atom is -0.331 e. The van der Waals surface area contributed by atoms with Crippen molar-refractivity contribution in [3.05, 3.63) is 34.0 Å². The Hall–Kier alpha value is -1.17. The predicted octanol–water partition coefficient (Wildman–Crippen LogP) is 2.53. The second-order valence-electron chi connectivity index (χ2n) is 7.48. The van der Waals surface area contributed by atoms with E-state index in [1.165, 1.54) is 30.4 Å². The Morgan fingerprint density at radius 1 is 1.25 bits per heavy atom. The van der Waals surface area contributed by atoms with Crippen LogP contribution in [0, 0.1) is 5.41 Å². The smallest absolute Gasteiger partial charge is 0.247 e. The average molecular weight is 346 g/mol. The fraction of sp³-hybridized carbons (Fsp3) is 0.632. The van der Waals surface area contributed by atoms with Crippen LogP contribution in [0.25, 0.3) is 0 Å². The molecule has 4 rings (SSSR count). The van der Waals surface area contributed by atoms with Crippen LogP contribution >= 0.6 is 11.3 Å². The van der Waals surface area contributed by atoms with Gasteiger partial charge in [-0.3, -0.25) is 4.79 Å². The van der Waals surface area contributed by atoms with Crippen LogP contribution in [0.1, 0.15) is 37.7 Å². The van der Waals surface area contributed by atoms with Gasteiger partial charge in [-0.2, -0.15) is 11.3 Å². The van der Waals surface area contributed by atoms with Gasteiger partial charge in [-0.1, -0.05) is 5.57 Å². The molecule has 4 nitrogen and oxygen atoms in total. The second kappa shape index (κ2) is 6.98. The molecule has 3 fully saturated rings. The van der Waals surface area contributed by atoms with Crippen LogP contribution in [0.15, 0.2) is 28.5 Å². The van der Waals surface area contributed by atoms with Gasteiger partial charge in [0.1, 0.15) is 0 Å². The van der Waals surface area contributed by atoms with Crippen LogP contribution in [0.2, 0.25) is 0 Å². The van der Waals surface area contributed by atoms with E-state index in [4.69, 9.17) is 0 Å². The molecule has 3 aliphatic rings. The van der Waals surface area contributed by atoms with Gasteiger partial charge in [-0.25, -0.2) is 0 Å². The van der Waals surface area contributed by atoms with Crippen LogP contribution in [-0.2, 0) is 11.3 Å². The third-order valence-corrected chi connectivity index (χ3v) is 6.64. The fourth-order valence-electron chi connectivity index (χ4n) is 4.30.